The third-order valence-electron chi connectivity index (χ3n) is 2.49. The molecule has 0 aliphatic heterocycles. The van der Waals surface area contributed by atoms with Crippen molar-refractivity contribution in [3.63, 3.8) is 0 Å². The number of nitrogens with two attached hydrogens (primary N) is 2. The molecule has 0 spiro atoms. The predicted molar refractivity (Wildman–Crippen MR) is 63.5 cm³/mol. The standard InChI is InChI=1S/C11H14N4O/c1-7-14-10(11(12)15(7)13)8-5-3-4-6-9(8)16-2/h3-6H,12-13H2,1-2H3. The van der Waals surface area contributed by atoms with Crippen LogP contribution in [0.5, 0.6) is 5.75 Å². The third-order valence-corrected chi connectivity index (χ3v) is 2.49. The monoisotopic (exact) mass is 218 g/mol. The highest BCUT2D eigenvalue weighted by Crippen LogP contribution is 2.32. The van der Waals surface area contributed by atoms with Crippen LogP contribution in [-0.2, 0) is 0 Å². The van der Waals surface area contributed by atoms with Crippen molar-refractivity contribution in [3.05, 3.63) is 30.1 Å². The second-order valence-corrected chi connectivity index (χ2v) is 3.46. The Morgan fingerprint density at radius 2 is 2.00 bits per heavy atom. The average molecular weight is 218 g/mol. The van der Waals surface area contributed by atoms with Gasteiger partial charge in [0.15, 0.2) is 5.82 Å². The number of methoxy groups -OCH3 is 1. The van der Waals surface area contributed by atoms with Crippen molar-refractivity contribution in [3.8, 4) is 17.0 Å². The lowest BCUT2D eigenvalue weighted by Gasteiger charge is -2.06. The van der Waals surface area contributed by atoms with Crippen LogP contribution in [0.25, 0.3) is 11.3 Å². The molecule has 0 bridgehead atoms. The minimum absolute atomic E-state index is 0.432. The van der Waals surface area contributed by atoms with Gasteiger partial charge in [-0.1, -0.05) is 12.1 Å². The van der Waals surface area contributed by atoms with Gasteiger partial charge in [0, 0.05) is 5.56 Å². The number of imidazole rings is 1. The molecule has 16 heavy (non-hydrogen) atoms. The smallest absolute Gasteiger partial charge is 0.150 e. The van der Waals surface area contributed by atoms with Gasteiger partial charge in [0.2, 0.25) is 0 Å². The maximum atomic E-state index is 5.88. The number of nitrogen functional groups attached to an aromatic ring is 2. The Labute approximate surface area is 93.6 Å². The maximum absolute atomic E-state index is 5.88. The molecule has 4 N–H and O–H groups in total. The summed E-state index contributed by atoms with van der Waals surface area (Å²) in [6.07, 6.45) is 0. The lowest BCUT2D eigenvalue weighted by Crippen LogP contribution is -2.13. The number of para-hydroxylation sites is 1. The molecule has 1 aromatic heterocycles. The first kappa shape index (κ1) is 10.4. The van der Waals surface area contributed by atoms with Gasteiger partial charge >= 0.3 is 0 Å². The molecule has 0 radical (unpaired) electrons. The Hall–Kier alpha value is -2.17. The third kappa shape index (κ3) is 1.46. The second-order valence-electron chi connectivity index (χ2n) is 3.46. The van der Waals surface area contributed by atoms with E-state index in [9.17, 15) is 0 Å². The first-order chi connectivity index (χ1) is 7.65. The van der Waals surface area contributed by atoms with Crippen molar-refractivity contribution in [2.24, 2.45) is 0 Å². The Morgan fingerprint density at radius 1 is 1.31 bits per heavy atom. The topological polar surface area (TPSA) is 79.1 Å². The summed E-state index contributed by atoms with van der Waals surface area (Å²) in [6.45, 7) is 1.80. The van der Waals surface area contributed by atoms with Gasteiger partial charge in [-0.2, -0.15) is 0 Å². The maximum Gasteiger partial charge on any atom is 0.150 e. The van der Waals surface area contributed by atoms with Gasteiger partial charge in [-0.25, -0.2) is 9.66 Å². The van der Waals surface area contributed by atoms with Crippen molar-refractivity contribution in [2.75, 3.05) is 18.7 Å². The highest BCUT2D eigenvalue weighted by atomic mass is 16.5. The predicted octanol–water partition coefficient (Wildman–Crippen LogP) is 1.16. The molecular formula is C11H14N4O. The van der Waals surface area contributed by atoms with Crippen molar-refractivity contribution in [1.82, 2.24) is 9.66 Å². The molecule has 0 unspecified atom stereocenters. The van der Waals surface area contributed by atoms with Gasteiger partial charge in [0.25, 0.3) is 0 Å². The summed E-state index contributed by atoms with van der Waals surface area (Å²) in [7, 11) is 1.61. The first-order valence-electron chi connectivity index (χ1n) is 4.88. The summed E-state index contributed by atoms with van der Waals surface area (Å²) in [6, 6.07) is 7.56. The lowest BCUT2D eigenvalue weighted by atomic mass is 10.1. The van der Waals surface area contributed by atoms with Crippen molar-refractivity contribution >= 4 is 5.82 Å². The average Bonchev–Trinajstić information content (AvgIpc) is 2.57. The molecular weight excluding hydrogens is 204 g/mol. The Morgan fingerprint density at radius 3 is 2.56 bits per heavy atom. The van der Waals surface area contributed by atoms with Crippen LogP contribution in [0.2, 0.25) is 0 Å². The molecule has 1 heterocycles. The fourth-order valence-corrected chi connectivity index (χ4v) is 1.60. The van der Waals surface area contributed by atoms with Gasteiger partial charge in [0.1, 0.15) is 17.3 Å². The summed E-state index contributed by atoms with van der Waals surface area (Å²) in [5.41, 5.74) is 7.37. The minimum Gasteiger partial charge on any atom is -0.496 e. The van der Waals surface area contributed by atoms with Gasteiger partial charge in [-0.3, -0.25) is 0 Å². The number of ether oxygens (including phenoxy) is 1. The van der Waals surface area contributed by atoms with Crippen LogP contribution < -0.4 is 16.3 Å². The number of benzene rings is 1. The first-order valence-corrected chi connectivity index (χ1v) is 4.88. The van der Waals surface area contributed by atoms with E-state index in [0.717, 1.165) is 11.3 Å². The molecule has 0 saturated carbocycles. The number of rotatable bonds is 2. The van der Waals surface area contributed by atoms with Crippen LogP contribution in [-0.4, -0.2) is 16.8 Å². The molecule has 1 aromatic carbocycles. The highest BCUT2D eigenvalue weighted by molar-refractivity contribution is 5.76. The van der Waals surface area contributed by atoms with E-state index in [1.54, 1.807) is 14.0 Å². The second kappa shape index (κ2) is 3.77. The van der Waals surface area contributed by atoms with E-state index in [2.05, 4.69) is 4.98 Å². The zero-order valence-corrected chi connectivity index (χ0v) is 9.27. The Balaban J connectivity index is 2.63. The summed E-state index contributed by atoms with van der Waals surface area (Å²) >= 11 is 0. The SMILES string of the molecule is COc1ccccc1-c1nc(C)n(N)c1N. The fraction of sp³-hybridized carbons (Fsp3) is 0.182. The molecule has 0 fully saturated rings. The lowest BCUT2D eigenvalue weighted by molar-refractivity contribution is 0.416. The Bertz CT molecular complexity index is 519. The molecule has 5 heteroatoms. The van der Waals surface area contributed by atoms with Crippen molar-refractivity contribution < 1.29 is 4.74 Å². The van der Waals surface area contributed by atoms with E-state index >= 15 is 0 Å². The number of aromatic nitrogens is 2. The van der Waals surface area contributed by atoms with Crippen LogP contribution in [0.15, 0.2) is 24.3 Å². The Kier molecular flexibility index (Phi) is 2.44. The fourth-order valence-electron chi connectivity index (χ4n) is 1.60. The molecule has 0 aliphatic carbocycles. The van der Waals surface area contributed by atoms with Crippen molar-refractivity contribution in [1.29, 1.82) is 0 Å². The molecule has 2 aromatic rings. The largest absolute Gasteiger partial charge is 0.496 e. The van der Waals surface area contributed by atoms with Crippen LogP contribution in [0.4, 0.5) is 5.82 Å². The molecule has 5 nitrogen and oxygen atoms in total. The molecule has 2 rings (SSSR count). The van der Waals surface area contributed by atoms with E-state index in [-0.39, 0.29) is 0 Å². The zero-order valence-electron chi connectivity index (χ0n) is 9.27. The van der Waals surface area contributed by atoms with Crippen molar-refractivity contribution in [2.45, 2.75) is 6.92 Å². The molecule has 84 valence electrons. The van der Waals surface area contributed by atoms with E-state index < -0.39 is 0 Å². The molecule has 0 saturated heterocycles. The highest BCUT2D eigenvalue weighted by Gasteiger charge is 2.14. The van der Waals surface area contributed by atoms with E-state index in [1.807, 2.05) is 24.3 Å². The number of hydrogen-bond donors (Lipinski definition) is 2. The molecule has 0 amide bonds. The van der Waals surface area contributed by atoms with E-state index in [1.165, 1.54) is 4.68 Å². The van der Waals surface area contributed by atoms with Gasteiger partial charge < -0.3 is 16.3 Å². The van der Waals surface area contributed by atoms with Crippen LogP contribution in [0.1, 0.15) is 5.82 Å². The van der Waals surface area contributed by atoms with Gasteiger partial charge in [-0.05, 0) is 19.1 Å². The number of anilines is 1. The van der Waals surface area contributed by atoms with Crippen LogP contribution in [0.3, 0.4) is 0 Å². The van der Waals surface area contributed by atoms with E-state index in [0.29, 0.717) is 17.3 Å². The van der Waals surface area contributed by atoms with Crippen LogP contribution >= 0.6 is 0 Å². The molecule has 0 atom stereocenters. The summed E-state index contributed by atoms with van der Waals surface area (Å²) in [5.74, 6) is 7.55. The summed E-state index contributed by atoms with van der Waals surface area (Å²) < 4.78 is 6.62. The zero-order chi connectivity index (χ0) is 11.7. The number of hydrogen-bond acceptors (Lipinski definition) is 4. The number of aryl methyl sites for hydroxylation is 1. The normalized spacial score (nSPS) is 10.4. The van der Waals surface area contributed by atoms with Crippen LogP contribution in [0, 0.1) is 6.92 Å². The molecule has 0 aliphatic rings. The van der Waals surface area contributed by atoms with Gasteiger partial charge in [0.05, 0.1) is 7.11 Å². The minimum atomic E-state index is 0.432. The quantitative estimate of drug-likeness (QED) is 0.741. The summed E-state index contributed by atoms with van der Waals surface area (Å²) in [4.78, 5) is 4.32. The van der Waals surface area contributed by atoms with Gasteiger partial charge in [-0.15, -0.1) is 0 Å². The summed E-state index contributed by atoms with van der Waals surface area (Å²) in [5, 5.41) is 0. The number of nitrogens with zero attached hydrogens (tertiary/aromatic N) is 2. The van der Waals surface area contributed by atoms with E-state index in [4.69, 9.17) is 16.3 Å².